The summed E-state index contributed by atoms with van der Waals surface area (Å²) in [5.41, 5.74) is 1.07. The molecule has 0 bridgehead atoms. The van der Waals surface area contributed by atoms with Crippen LogP contribution in [0.3, 0.4) is 0 Å². The third kappa shape index (κ3) is 5.02. The van der Waals surface area contributed by atoms with E-state index in [4.69, 9.17) is 14.6 Å². The van der Waals surface area contributed by atoms with Gasteiger partial charge in [-0.2, -0.15) is 0 Å². The van der Waals surface area contributed by atoms with Crippen LogP contribution in [0.15, 0.2) is 16.6 Å². The molecule has 0 aromatic heterocycles. The van der Waals surface area contributed by atoms with Crippen molar-refractivity contribution in [2.75, 3.05) is 26.9 Å². The van der Waals surface area contributed by atoms with Crippen LogP contribution in [0.4, 0.5) is 0 Å². The molecule has 4 nitrogen and oxygen atoms in total. The van der Waals surface area contributed by atoms with Crippen LogP contribution in [0.2, 0.25) is 0 Å². The number of halogens is 2. The first kappa shape index (κ1) is 17.5. The van der Waals surface area contributed by atoms with Crippen LogP contribution in [0.1, 0.15) is 12.5 Å². The standard InChI is InChI=1S/C12H18BrNO3.ClH/c1-3-17-12-10(13)6-9(7-11(12)16-2)8-14-4-5-15;/h6-7,14-15H,3-5,8H2,1-2H3;1H. The van der Waals surface area contributed by atoms with Gasteiger partial charge in [-0.25, -0.2) is 0 Å². The quantitative estimate of drug-likeness (QED) is 0.748. The van der Waals surface area contributed by atoms with Crippen molar-refractivity contribution in [1.82, 2.24) is 5.32 Å². The lowest BCUT2D eigenvalue weighted by Gasteiger charge is -2.13. The fourth-order valence-electron chi connectivity index (χ4n) is 1.47. The molecule has 0 aliphatic rings. The van der Waals surface area contributed by atoms with Crippen molar-refractivity contribution >= 4 is 28.3 Å². The molecule has 104 valence electrons. The van der Waals surface area contributed by atoms with Crippen LogP contribution in [0, 0.1) is 0 Å². The number of nitrogens with one attached hydrogen (secondary N) is 1. The Morgan fingerprint density at radius 2 is 2.11 bits per heavy atom. The zero-order chi connectivity index (χ0) is 12.7. The van der Waals surface area contributed by atoms with Crippen LogP contribution in [-0.4, -0.2) is 32.0 Å². The SMILES string of the molecule is CCOc1c(Br)cc(CNCCO)cc1OC.Cl. The lowest BCUT2D eigenvalue weighted by molar-refractivity contribution is 0.291. The average molecular weight is 341 g/mol. The lowest BCUT2D eigenvalue weighted by Crippen LogP contribution is -2.17. The van der Waals surface area contributed by atoms with Crippen molar-refractivity contribution in [2.45, 2.75) is 13.5 Å². The predicted octanol–water partition coefficient (Wildman–Crippen LogP) is 2.36. The Hall–Kier alpha value is -0.490. The minimum atomic E-state index is 0. The molecule has 0 aliphatic carbocycles. The topological polar surface area (TPSA) is 50.7 Å². The van der Waals surface area contributed by atoms with E-state index in [1.807, 2.05) is 19.1 Å². The Morgan fingerprint density at radius 1 is 1.39 bits per heavy atom. The van der Waals surface area contributed by atoms with Crippen molar-refractivity contribution in [3.8, 4) is 11.5 Å². The van der Waals surface area contributed by atoms with E-state index in [1.165, 1.54) is 0 Å². The summed E-state index contributed by atoms with van der Waals surface area (Å²) >= 11 is 3.47. The number of aliphatic hydroxyl groups is 1. The first-order valence-corrected chi connectivity index (χ1v) is 6.33. The maximum atomic E-state index is 8.70. The maximum Gasteiger partial charge on any atom is 0.175 e. The highest BCUT2D eigenvalue weighted by atomic mass is 79.9. The minimum Gasteiger partial charge on any atom is -0.493 e. The molecular weight excluding hydrogens is 321 g/mol. The molecule has 0 fully saturated rings. The molecule has 0 saturated heterocycles. The molecule has 0 heterocycles. The number of methoxy groups -OCH3 is 1. The smallest absolute Gasteiger partial charge is 0.175 e. The van der Waals surface area contributed by atoms with Crippen LogP contribution in [0.5, 0.6) is 11.5 Å². The number of rotatable bonds is 7. The highest BCUT2D eigenvalue weighted by Gasteiger charge is 2.10. The number of hydrogen-bond acceptors (Lipinski definition) is 4. The summed E-state index contributed by atoms with van der Waals surface area (Å²) in [6.07, 6.45) is 0. The van der Waals surface area contributed by atoms with E-state index in [2.05, 4.69) is 21.2 Å². The van der Waals surface area contributed by atoms with E-state index in [9.17, 15) is 0 Å². The van der Waals surface area contributed by atoms with Gasteiger partial charge in [0.15, 0.2) is 11.5 Å². The third-order valence-corrected chi connectivity index (χ3v) is 2.78. The number of ether oxygens (including phenoxy) is 2. The van der Waals surface area contributed by atoms with E-state index in [-0.39, 0.29) is 19.0 Å². The van der Waals surface area contributed by atoms with Gasteiger partial charge < -0.3 is 19.9 Å². The van der Waals surface area contributed by atoms with E-state index in [0.29, 0.717) is 25.4 Å². The molecular formula is C12H19BrClNO3. The second-order valence-electron chi connectivity index (χ2n) is 3.44. The van der Waals surface area contributed by atoms with Crippen molar-refractivity contribution in [2.24, 2.45) is 0 Å². The van der Waals surface area contributed by atoms with E-state index in [0.717, 1.165) is 15.8 Å². The molecule has 0 unspecified atom stereocenters. The monoisotopic (exact) mass is 339 g/mol. The summed E-state index contributed by atoms with van der Waals surface area (Å²) < 4.78 is 11.7. The van der Waals surface area contributed by atoms with Gasteiger partial charge in [-0.05, 0) is 40.5 Å². The number of hydrogen-bond donors (Lipinski definition) is 2. The molecule has 6 heteroatoms. The molecule has 1 rings (SSSR count). The Labute approximate surface area is 122 Å². The second kappa shape index (κ2) is 9.44. The van der Waals surface area contributed by atoms with Crippen LogP contribution < -0.4 is 14.8 Å². The Balaban J connectivity index is 0.00000289. The molecule has 0 radical (unpaired) electrons. The zero-order valence-corrected chi connectivity index (χ0v) is 12.9. The van der Waals surface area contributed by atoms with Crippen molar-refractivity contribution in [3.05, 3.63) is 22.2 Å². The molecule has 1 aromatic rings. The van der Waals surface area contributed by atoms with Gasteiger partial charge in [0.25, 0.3) is 0 Å². The molecule has 0 spiro atoms. The molecule has 1 aromatic carbocycles. The first-order chi connectivity index (χ1) is 8.22. The van der Waals surface area contributed by atoms with Gasteiger partial charge in [0.2, 0.25) is 0 Å². The lowest BCUT2D eigenvalue weighted by atomic mass is 10.2. The van der Waals surface area contributed by atoms with Crippen LogP contribution in [0.25, 0.3) is 0 Å². The largest absolute Gasteiger partial charge is 0.493 e. The van der Waals surface area contributed by atoms with E-state index < -0.39 is 0 Å². The zero-order valence-electron chi connectivity index (χ0n) is 10.5. The molecule has 18 heavy (non-hydrogen) atoms. The Morgan fingerprint density at radius 3 is 2.67 bits per heavy atom. The fraction of sp³-hybridized carbons (Fsp3) is 0.500. The molecule has 0 aliphatic heterocycles. The van der Waals surface area contributed by atoms with Gasteiger partial charge in [-0.1, -0.05) is 0 Å². The fourth-order valence-corrected chi connectivity index (χ4v) is 2.08. The molecule has 0 amide bonds. The van der Waals surface area contributed by atoms with E-state index in [1.54, 1.807) is 7.11 Å². The average Bonchev–Trinajstić information content (AvgIpc) is 2.32. The predicted molar refractivity (Wildman–Crippen MR) is 77.9 cm³/mol. The minimum absolute atomic E-state index is 0. The first-order valence-electron chi connectivity index (χ1n) is 5.53. The van der Waals surface area contributed by atoms with Gasteiger partial charge in [0.1, 0.15) is 0 Å². The van der Waals surface area contributed by atoms with Gasteiger partial charge >= 0.3 is 0 Å². The summed E-state index contributed by atoms with van der Waals surface area (Å²) in [7, 11) is 1.62. The third-order valence-electron chi connectivity index (χ3n) is 2.20. The Bertz CT molecular complexity index is 363. The summed E-state index contributed by atoms with van der Waals surface area (Å²) in [5.74, 6) is 1.43. The van der Waals surface area contributed by atoms with Gasteiger partial charge in [0.05, 0.1) is 24.8 Å². The second-order valence-corrected chi connectivity index (χ2v) is 4.30. The van der Waals surface area contributed by atoms with Gasteiger partial charge in [-0.3, -0.25) is 0 Å². The summed E-state index contributed by atoms with van der Waals surface area (Å²) in [5, 5.41) is 11.8. The summed E-state index contributed by atoms with van der Waals surface area (Å²) in [6, 6.07) is 3.91. The molecule has 0 saturated carbocycles. The van der Waals surface area contributed by atoms with Crippen molar-refractivity contribution < 1.29 is 14.6 Å². The van der Waals surface area contributed by atoms with Crippen LogP contribution in [-0.2, 0) is 6.54 Å². The molecule has 2 N–H and O–H groups in total. The van der Waals surface area contributed by atoms with Crippen molar-refractivity contribution in [3.63, 3.8) is 0 Å². The number of aliphatic hydroxyl groups excluding tert-OH is 1. The summed E-state index contributed by atoms with van der Waals surface area (Å²) in [4.78, 5) is 0. The highest BCUT2D eigenvalue weighted by molar-refractivity contribution is 9.10. The van der Waals surface area contributed by atoms with Gasteiger partial charge in [-0.15, -0.1) is 12.4 Å². The maximum absolute atomic E-state index is 8.70. The van der Waals surface area contributed by atoms with Crippen molar-refractivity contribution in [1.29, 1.82) is 0 Å². The van der Waals surface area contributed by atoms with Gasteiger partial charge in [0, 0.05) is 13.1 Å². The van der Waals surface area contributed by atoms with E-state index >= 15 is 0 Å². The summed E-state index contributed by atoms with van der Waals surface area (Å²) in [6.45, 7) is 3.92. The van der Waals surface area contributed by atoms with Crippen LogP contribution >= 0.6 is 28.3 Å². The number of benzene rings is 1. The molecule has 0 atom stereocenters. The Kier molecular flexibility index (Phi) is 9.18. The normalized spacial score (nSPS) is 9.78. The highest BCUT2D eigenvalue weighted by Crippen LogP contribution is 2.36.